The molecule has 1 aromatic carbocycles. The molecule has 3 N–H and O–H groups in total. The summed E-state index contributed by atoms with van der Waals surface area (Å²) in [7, 11) is 0. The van der Waals surface area contributed by atoms with Gasteiger partial charge in [-0.3, -0.25) is 4.79 Å². The number of hydrogen-bond donors (Lipinski definition) is 3. The molecular weight excluding hydrogens is 266 g/mol. The SMILES string of the molecule is CC1CCCC(C(=O)NC(CCO)c2cccc(O)c2)C1. The third-order valence-corrected chi connectivity index (χ3v) is 4.31. The smallest absolute Gasteiger partial charge is 0.223 e. The molecule has 1 fully saturated rings. The normalized spacial score (nSPS) is 23.5. The molecule has 3 unspecified atom stereocenters. The molecule has 1 amide bonds. The van der Waals surface area contributed by atoms with Gasteiger partial charge in [0, 0.05) is 12.5 Å². The van der Waals surface area contributed by atoms with Crippen molar-refractivity contribution in [1.82, 2.24) is 5.32 Å². The van der Waals surface area contributed by atoms with Crippen molar-refractivity contribution >= 4 is 5.91 Å². The maximum absolute atomic E-state index is 12.4. The third-order valence-electron chi connectivity index (χ3n) is 4.31. The number of carbonyl (C=O) groups excluding carboxylic acids is 1. The molecule has 1 saturated carbocycles. The number of aliphatic hydroxyl groups excluding tert-OH is 1. The van der Waals surface area contributed by atoms with Crippen LogP contribution in [-0.4, -0.2) is 22.7 Å². The van der Waals surface area contributed by atoms with E-state index in [-0.39, 0.29) is 30.2 Å². The zero-order chi connectivity index (χ0) is 15.2. The first kappa shape index (κ1) is 15.8. The molecule has 0 bridgehead atoms. The number of hydrogen-bond acceptors (Lipinski definition) is 3. The summed E-state index contributed by atoms with van der Waals surface area (Å²) in [4.78, 5) is 12.4. The summed E-state index contributed by atoms with van der Waals surface area (Å²) in [6, 6.07) is 6.62. The van der Waals surface area contributed by atoms with Gasteiger partial charge in [0.15, 0.2) is 0 Å². The molecular formula is C17H25NO3. The van der Waals surface area contributed by atoms with Crippen LogP contribution in [0.25, 0.3) is 0 Å². The van der Waals surface area contributed by atoms with E-state index in [9.17, 15) is 15.0 Å². The Morgan fingerprint density at radius 3 is 2.90 bits per heavy atom. The first-order valence-electron chi connectivity index (χ1n) is 7.80. The minimum Gasteiger partial charge on any atom is -0.508 e. The summed E-state index contributed by atoms with van der Waals surface area (Å²) in [6.45, 7) is 2.20. The first-order valence-corrected chi connectivity index (χ1v) is 7.80. The van der Waals surface area contributed by atoms with Gasteiger partial charge < -0.3 is 15.5 Å². The van der Waals surface area contributed by atoms with Crippen molar-refractivity contribution < 1.29 is 15.0 Å². The standard InChI is InChI=1S/C17H25NO3/c1-12-4-2-6-14(10-12)17(21)18-16(8-9-19)13-5-3-7-15(20)11-13/h3,5,7,11-12,14,16,19-20H,2,4,6,8-10H2,1H3,(H,18,21). The van der Waals surface area contributed by atoms with Crippen molar-refractivity contribution in [2.24, 2.45) is 11.8 Å². The van der Waals surface area contributed by atoms with Gasteiger partial charge in [-0.2, -0.15) is 0 Å². The average molecular weight is 291 g/mol. The number of nitrogens with one attached hydrogen (secondary N) is 1. The summed E-state index contributed by atoms with van der Waals surface area (Å²) in [5, 5.41) is 21.8. The number of rotatable bonds is 5. The van der Waals surface area contributed by atoms with E-state index in [0.29, 0.717) is 12.3 Å². The first-order chi connectivity index (χ1) is 10.1. The van der Waals surface area contributed by atoms with E-state index in [4.69, 9.17) is 0 Å². The van der Waals surface area contributed by atoms with Crippen molar-refractivity contribution in [2.75, 3.05) is 6.61 Å². The van der Waals surface area contributed by atoms with Crippen LogP contribution in [0.1, 0.15) is 50.6 Å². The highest BCUT2D eigenvalue weighted by molar-refractivity contribution is 5.79. The van der Waals surface area contributed by atoms with Crippen LogP contribution in [0, 0.1) is 11.8 Å². The number of amides is 1. The van der Waals surface area contributed by atoms with Crippen LogP contribution in [0.2, 0.25) is 0 Å². The van der Waals surface area contributed by atoms with Crippen LogP contribution in [0.15, 0.2) is 24.3 Å². The zero-order valence-electron chi connectivity index (χ0n) is 12.6. The second kappa shape index (κ2) is 7.46. The fourth-order valence-corrected chi connectivity index (χ4v) is 3.15. The molecule has 0 spiro atoms. The summed E-state index contributed by atoms with van der Waals surface area (Å²) in [6.07, 6.45) is 4.66. The molecule has 0 heterocycles. The molecule has 0 radical (unpaired) electrons. The number of phenolic OH excluding ortho intramolecular Hbond substituents is 1. The van der Waals surface area contributed by atoms with E-state index in [0.717, 1.165) is 24.8 Å². The average Bonchev–Trinajstić information content (AvgIpc) is 2.46. The lowest BCUT2D eigenvalue weighted by Gasteiger charge is -2.28. The predicted molar refractivity (Wildman–Crippen MR) is 81.8 cm³/mol. The molecule has 1 aromatic rings. The molecule has 4 nitrogen and oxygen atoms in total. The summed E-state index contributed by atoms with van der Waals surface area (Å²) in [5.41, 5.74) is 0.834. The molecule has 1 aliphatic carbocycles. The number of aromatic hydroxyl groups is 1. The highest BCUT2D eigenvalue weighted by Gasteiger charge is 2.26. The highest BCUT2D eigenvalue weighted by Crippen LogP contribution is 2.30. The maximum Gasteiger partial charge on any atom is 0.223 e. The molecule has 0 saturated heterocycles. The Kier molecular flexibility index (Phi) is 5.62. The van der Waals surface area contributed by atoms with Gasteiger partial charge in [0.25, 0.3) is 0 Å². The van der Waals surface area contributed by atoms with Gasteiger partial charge in [0.2, 0.25) is 5.91 Å². The van der Waals surface area contributed by atoms with Crippen LogP contribution in [0.3, 0.4) is 0 Å². The van der Waals surface area contributed by atoms with Crippen LogP contribution in [-0.2, 0) is 4.79 Å². The van der Waals surface area contributed by atoms with Crippen molar-refractivity contribution in [3.63, 3.8) is 0 Å². The molecule has 3 atom stereocenters. The largest absolute Gasteiger partial charge is 0.508 e. The third kappa shape index (κ3) is 4.46. The van der Waals surface area contributed by atoms with E-state index in [1.807, 2.05) is 6.07 Å². The predicted octanol–water partition coefficient (Wildman–Crippen LogP) is 2.76. The number of carbonyl (C=O) groups is 1. The van der Waals surface area contributed by atoms with Gasteiger partial charge in [-0.15, -0.1) is 0 Å². The van der Waals surface area contributed by atoms with Crippen LogP contribution in [0.5, 0.6) is 5.75 Å². The molecule has 4 heteroatoms. The monoisotopic (exact) mass is 291 g/mol. The zero-order valence-corrected chi connectivity index (χ0v) is 12.6. The van der Waals surface area contributed by atoms with Gasteiger partial charge in [-0.25, -0.2) is 0 Å². The Hall–Kier alpha value is -1.55. The molecule has 116 valence electrons. The molecule has 2 rings (SSSR count). The number of phenols is 1. The van der Waals surface area contributed by atoms with Gasteiger partial charge in [0.05, 0.1) is 6.04 Å². The second-order valence-electron chi connectivity index (χ2n) is 6.14. The highest BCUT2D eigenvalue weighted by atomic mass is 16.3. The van der Waals surface area contributed by atoms with Gasteiger partial charge in [-0.1, -0.05) is 31.9 Å². The van der Waals surface area contributed by atoms with Crippen molar-refractivity contribution in [3.8, 4) is 5.75 Å². The van der Waals surface area contributed by atoms with Crippen molar-refractivity contribution in [3.05, 3.63) is 29.8 Å². The summed E-state index contributed by atoms with van der Waals surface area (Å²) in [5.74, 6) is 0.929. The minimum atomic E-state index is -0.244. The number of benzene rings is 1. The Labute approximate surface area is 126 Å². The van der Waals surface area contributed by atoms with E-state index in [2.05, 4.69) is 12.2 Å². The Bertz CT molecular complexity index is 475. The Balaban J connectivity index is 2.03. The fourth-order valence-electron chi connectivity index (χ4n) is 3.15. The van der Waals surface area contributed by atoms with Crippen LogP contribution < -0.4 is 5.32 Å². The molecule has 0 aromatic heterocycles. The summed E-state index contributed by atoms with van der Waals surface area (Å²) < 4.78 is 0. The minimum absolute atomic E-state index is 0.00166. The molecule has 1 aliphatic rings. The van der Waals surface area contributed by atoms with E-state index in [1.54, 1.807) is 18.2 Å². The number of aliphatic hydroxyl groups is 1. The van der Waals surface area contributed by atoms with E-state index < -0.39 is 0 Å². The van der Waals surface area contributed by atoms with Gasteiger partial charge >= 0.3 is 0 Å². The quantitative estimate of drug-likeness (QED) is 0.781. The van der Waals surface area contributed by atoms with E-state index >= 15 is 0 Å². The topological polar surface area (TPSA) is 69.6 Å². The lowest BCUT2D eigenvalue weighted by atomic mass is 9.82. The van der Waals surface area contributed by atoms with Crippen molar-refractivity contribution in [2.45, 2.75) is 45.1 Å². The second-order valence-corrected chi connectivity index (χ2v) is 6.14. The van der Waals surface area contributed by atoms with Gasteiger partial charge in [0.1, 0.15) is 5.75 Å². The van der Waals surface area contributed by atoms with Crippen molar-refractivity contribution in [1.29, 1.82) is 0 Å². The van der Waals surface area contributed by atoms with Gasteiger partial charge in [-0.05, 0) is 42.9 Å². The van der Waals surface area contributed by atoms with Crippen LogP contribution in [0.4, 0.5) is 0 Å². The lowest BCUT2D eigenvalue weighted by molar-refractivity contribution is -0.127. The van der Waals surface area contributed by atoms with Crippen LogP contribution >= 0.6 is 0 Å². The van der Waals surface area contributed by atoms with E-state index in [1.165, 1.54) is 6.42 Å². The molecule has 0 aliphatic heterocycles. The lowest BCUT2D eigenvalue weighted by Crippen LogP contribution is -2.36. The Morgan fingerprint density at radius 2 is 2.24 bits per heavy atom. The molecule has 21 heavy (non-hydrogen) atoms. The fraction of sp³-hybridized carbons (Fsp3) is 0.588. The summed E-state index contributed by atoms with van der Waals surface area (Å²) >= 11 is 0. The Morgan fingerprint density at radius 1 is 1.43 bits per heavy atom. The maximum atomic E-state index is 12.4.